The van der Waals surface area contributed by atoms with Crippen LogP contribution in [-0.4, -0.2) is 11.8 Å². The van der Waals surface area contributed by atoms with Crippen molar-refractivity contribution in [1.29, 1.82) is 0 Å². The van der Waals surface area contributed by atoms with Crippen LogP contribution in [0.5, 0.6) is 0 Å². The fourth-order valence-electron chi connectivity index (χ4n) is 3.26. The van der Waals surface area contributed by atoms with E-state index in [0.29, 0.717) is 6.04 Å². The number of aliphatic imine (C=N–C) groups is 1. The first-order valence-corrected chi connectivity index (χ1v) is 8.01. The summed E-state index contributed by atoms with van der Waals surface area (Å²) in [6, 6.07) is 0.696. The van der Waals surface area contributed by atoms with Crippen molar-refractivity contribution in [3.63, 3.8) is 0 Å². The van der Waals surface area contributed by atoms with Gasteiger partial charge in [0.15, 0.2) is 0 Å². The topological polar surface area (TPSA) is 12.4 Å². The van der Waals surface area contributed by atoms with Crippen molar-refractivity contribution in [2.24, 2.45) is 4.99 Å². The Morgan fingerprint density at radius 2 is 1.06 bits per heavy atom. The minimum atomic E-state index is 0.696. The SMILES string of the molecule is C1CCCCC(=NC2CCCCC2)CCCC1. The van der Waals surface area contributed by atoms with Gasteiger partial charge in [-0.1, -0.05) is 51.4 Å². The van der Waals surface area contributed by atoms with Crippen LogP contribution in [-0.2, 0) is 0 Å². The lowest BCUT2D eigenvalue weighted by atomic mass is 9.95. The summed E-state index contributed by atoms with van der Waals surface area (Å²) in [6.07, 6.45) is 19.7. The van der Waals surface area contributed by atoms with Gasteiger partial charge in [-0.3, -0.25) is 4.99 Å². The zero-order valence-corrected chi connectivity index (χ0v) is 11.4. The Balaban J connectivity index is 1.83. The molecule has 0 aromatic carbocycles. The van der Waals surface area contributed by atoms with Crippen LogP contribution in [0.15, 0.2) is 4.99 Å². The molecule has 0 aromatic heterocycles. The Hall–Kier alpha value is -0.330. The Morgan fingerprint density at radius 1 is 0.588 bits per heavy atom. The van der Waals surface area contributed by atoms with Crippen LogP contribution in [0.25, 0.3) is 0 Å². The Morgan fingerprint density at radius 3 is 1.65 bits per heavy atom. The summed E-state index contributed by atoms with van der Waals surface area (Å²) in [5.41, 5.74) is 1.57. The number of rotatable bonds is 1. The zero-order chi connectivity index (χ0) is 11.8. The van der Waals surface area contributed by atoms with Gasteiger partial charge in [0.25, 0.3) is 0 Å². The minimum Gasteiger partial charge on any atom is -0.291 e. The molecule has 1 nitrogen and oxygen atoms in total. The molecular formula is C16H29N. The van der Waals surface area contributed by atoms with Gasteiger partial charge in [0.05, 0.1) is 0 Å². The van der Waals surface area contributed by atoms with E-state index in [1.165, 1.54) is 89.9 Å². The maximum Gasteiger partial charge on any atom is 0.0499 e. The number of hydrogen-bond donors (Lipinski definition) is 0. The largest absolute Gasteiger partial charge is 0.291 e. The van der Waals surface area contributed by atoms with Gasteiger partial charge in [-0.15, -0.1) is 0 Å². The summed E-state index contributed by atoms with van der Waals surface area (Å²) in [7, 11) is 0. The molecule has 0 heterocycles. The quantitative estimate of drug-likeness (QED) is 0.586. The van der Waals surface area contributed by atoms with Gasteiger partial charge in [-0.25, -0.2) is 0 Å². The molecule has 2 aliphatic carbocycles. The highest BCUT2D eigenvalue weighted by Gasteiger charge is 2.13. The van der Waals surface area contributed by atoms with Gasteiger partial charge in [-0.2, -0.15) is 0 Å². The second-order valence-corrected chi connectivity index (χ2v) is 5.96. The molecule has 0 aromatic rings. The normalized spacial score (nSPS) is 25.5. The second kappa shape index (κ2) is 7.89. The molecule has 0 saturated heterocycles. The van der Waals surface area contributed by atoms with Crippen molar-refractivity contribution < 1.29 is 0 Å². The number of nitrogens with zero attached hydrogens (tertiary/aromatic N) is 1. The van der Waals surface area contributed by atoms with E-state index in [0.717, 1.165) is 0 Å². The molecule has 98 valence electrons. The molecule has 1 heteroatoms. The first-order valence-electron chi connectivity index (χ1n) is 8.01. The summed E-state index contributed by atoms with van der Waals surface area (Å²) >= 11 is 0. The Labute approximate surface area is 107 Å². The van der Waals surface area contributed by atoms with Crippen LogP contribution < -0.4 is 0 Å². The molecule has 0 radical (unpaired) electrons. The molecule has 2 saturated carbocycles. The molecule has 0 bridgehead atoms. The number of hydrogen-bond acceptors (Lipinski definition) is 1. The van der Waals surface area contributed by atoms with Gasteiger partial charge in [-0.05, 0) is 38.5 Å². The standard InChI is InChI=1S/C16H29N/c1-2-4-7-11-15(12-8-5-3-1)17-16-13-9-6-10-14-16/h16H,1-14H2. The van der Waals surface area contributed by atoms with Crippen molar-refractivity contribution in [1.82, 2.24) is 0 Å². The van der Waals surface area contributed by atoms with Crippen molar-refractivity contribution in [2.75, 3.05) is 0 Å². The monoisotopic (exact) mass is 235 g/mol. The Kier molecular flexibility index (Phi) is 6.09. The molecule has 0 unspecified atom stereocenters. The molecule has 2 rings (SSSR count). The highest BCUT2D eigenvalue weighted by atomic mass is 14.8. The smallest absolute Gasteiger partial charge is 0.0499 e. The van der Waals surface area contributed by atoms with Crippen molar-refractivity contribution in [3.05, 3.63) is 0 Å². The third-order valence-corrected chi connectivity index (χ3v) is 4.37. The lowest BCUT2D eigenvalue weighted by molar-refractivity contribution is 0.441. The first kappa shape index (κ1) is 13.1. The van der Waals surface area contributed by atoms with E-state index in [1.54, 1.807) is 5.71 Å². The van der Waals surface area contributed by atoms with Crippen molar-refractivity contribution >= 4 is 5.71 Å². The molecule has 0 aliphatic heterocycles. The van der Waals surface area contributed by atoms with E-state index >= 15 is 0 Å². The third-order valence-electron chi connectivity index (χ3n) is 4.37. The van der Waals surface area contributed by atoms with Crippen LogP contribution in [0.3, 0.4) is 0 Å². The molecule has 17 heavy (non-hydrogen) atoms. The lowest BCUT2D eigenvalue weighted by Gasteiger charge is -2.20. The third kappa shape index (κ3) is 5.23. The predicted molar refractivity (Wildman–Crippen MR) is 75.9 cm³/mol. The molecule has 0 amide bonds. The van der Waals surface area contributed by atoms with Gasteiger partial charge >= 0.3 is 0 Å². The predicted octanol–water partition coefficient (Wildman–Crippen LogP) is 5.28. The molecular weight excluding hydrogens is 206 g/mol. The van der Waals surface area contributed by atoms with Crippen LogP contribution in [0.4, 0.5) is 0 Å². The highest BCUT2D eigenvalue weighted by molar-refractivity contribution is 5.84. The van der Waals surface area contributed by atoms with E-state index in [2.05, 4.69) is 0 Å². The fourth-order valence-corrected chi connectivity index (χ4v) is 3.26. The first-order chi connectivity index (χ1) is 8.45. The maximum atomic E-state index is 5.09. The van der Waals surface area contributed by atoms with Gasteiger partial charge in [0.1, 0.15) is 0 Å². The van der Waals surface area contributed by atoms with E-state index in [4.69, 9.17) is 4.99 Å². The van der Waals surface area contributed by atoms with Crippen LogP contribution in [0, 0.1) is 0 Å². The fraction of sp³-hybridized carbons (Fsp3) is 0.938. The van der Waals surface area contributed by atoms with Gasteiger partial charge in [0.2, 0.25) is 0 Å². The molecule has 0 atom stereocenters. The average molecular weight is 235 g/mol. The van der Waals surface area contributed by atoms with Crippen LogP contribution in [0.2, 0.25) is 0 Å². The van der Waals surface area contributed by atoms with Crippen LogP contribution in [0.1, 0.15) is 89.9 Å². The molecule has 0 N–H and O–H groups in total. The molecule has 2 aliphatic rings. The lowest BCUT2D eigenvalue weighted by Crippen LogP contribution is -2.13. The second-order valence-electron chi connectivity index (χ2n) is 5.96. The average Bonchev–Trinajstić information content (AvgIpc) is 2.38. The van der Waals surface area contributed by atoms with Crippen LogP contribution >= 0.6 is 0 Å². The highest BCUT2D eigenvalue weighted by Crippen LogP contribution is 2.22. The maximum absolute atomic E-state index is 5.09. The van der Waals surface area contributed by atoms with Crippen molar-refractivity contribution in [3.8, 4) is 0 Å². The summed E-state index contributed by atoms with van der Waals surface area (Å²) in [5, 5.41) is 0. The summed E-state index contributed by atoms with van der Waals surface area (Å²) in [6.45, 7) is 0. The Bertz CT molecular complexity index is 214. The van der Waals surface area contributed by atoms with Crippen molar-refractivity contribution in [2.45, 2.75) is 95.9 Å². The summed E-state index contributed by atoms with van der Waals surface area (Å²) in [5.74, 6) is 0. The van der Waals surface area contributed by atoms with E-state index in [-0.39, 0.29) is 0 Å². The summed E-state index contributed by atoms with van der Waals surface area (Å²) < 4.78 is 0. The summed E-state index contributed by atoms with van der Waals surface area (Å²) in [4.78, 5) is 5.09. The molecule has 2 fully saturated rings. The van der Waals surface area contributed by atoms with E-state index < -0.39 is 0 Å². The van der Waals surface area contributed by atoms with Gasteiger partial charge in [0, 0.05) is 11.8 Å². The molecule has 0 spiro atoms. The van der Waals surface area contributed by atoms with E-state index in [9.17, 15) is 0 Å². The van der Waals surface area contributed by atoms with E-state index in [1.807, 2.05) is 0 Å². The zero-order valence-electron chi connectivity index (χ0n) is 11.4. The minimum absolute atomic E-state index is 0.696. The van der Waals surface area contributed by atoms with Gasteiger partial charge < -0.3 is 0 Å².